The topological polar surface area (TPSA) is 47.4 Å². The highest BCUT2D eigenvalue weighted by atomic mass is 16.5. The number of ether oxygens (including phenoxy) is 1. The van der Waals surface area contributed by atoms with Gasteiger partial charge in [0.05, 0.1) is 12.8 Å². The summed E-state index contributed by atoms with van der Waals surface area (Å²) in [6.45, 7) is 0.482. The van der Waals surface area contributed by atoms with Crippen LogP contribution in [0.25, 0.3) is 5.69 Å². The summed E-state index contributed by atoms with van der Waals surface area (Å²) in [5.74, 6) is 0.742. The first-order valence-corrected chi connectivity index (χ1v) is 9.22. The van der Waals surface area contributed by atoms with Gasteiger partial charge in [-0.15, -0.1) is 0 Å². The molecule has 4 rings (SSSR count). The lowest BCUT2D eigenvalue weighted by Gasteiger charge is -2.18. The van der Waals surface area contributed by atoms with Gasteiger partial charge in [0.25, 0.3) is 5.91 Å². The average molecular weight is 361 g/mol. The molecule has 0 N–H and O–H groups in total. The van der Waals surface area contributed by atoms with Crippen molar-refractivity contribution >= 4 is 5.91 Å². The Hall–Kier alpha value is -3.08. The minimum atomic E-state index is -0.0475. The lowest BCUT2D eigenvalue weighted by atomic mass is 10.1. The first-order chi connectivity index (χ1) is 13.2. The van der Waals surface area contributed by atoms with Gasteiger partial charge in [0.2, 0.25) is 0 Å². The monoisotopic (exact) mass is 361 g/mol. The van der Waals surface area contributed by atoms with Gasteiger partial charge in [-0.25, -0.2) is 4.68 Å². The normalized spacial score (nSPS) is 12.7. The number of hydrogen-bond acceptors (Lipinski definition) is 3. The van der Waals surface area contributed by atoms with E-state index < -0.39 is 0 Å². The van der Waals surface area contributed by atoms with Crippen LogP contribution >= 0.6 is 0 Å². The molecule has 1 aromatic heterocycles. The number of methoxy groups -OCH3 is 1. The summed E-state index contributed by atoms with van der Waals surface area (Å²) < 4.78 is 7.35. The highest BCUT2D eigenvalue weighted by molar-refractivity contribution is 5.94. The Morgan fingerprint density at radius 2 is 1.85 bits per heavy atom. The van der Waals surface area contributed by atoms with Crippen LogP contribution in [0.3, 0.4) is 0 Å². The van der Waals surface area contributed by atoms with Gasteiger partial charge in [0, 0.05) is 30.4 Å². The number of nitrogens with zero attached hydrogens (tertiary/aromatic N) is 3. The van der Waals surface area contributed by atoms with Crippen molar-refractivity contribution in [2.75, 3.05) is 14.2 Å². The molecule has 2 aromatic carbocycles. The fourth-order valence-electron chi connectivity index (χ4n) is 3.73. The third kappa shape index (κ3) is 3.21. The molecule has 0 bridgehead atoms. The summed E-state index contributed by atoms with van der Waals surface area (Å²) in [7, 11) is 3.46. The Morgan fingerprint density at radius 1 is 1.11 bits per heavy atom. The molecule has 138 valence electrons. The number of carbonyl (C=O) groups is 1. The van der Waals surface area contributed by atoms with Gasteiger partial charge in [0.1, 0.15) is 5.75 Å². The summed E-state index contributed by atoms with van der Waals surface area (Å²) in [4.78, 5) is 14.9. The van der Waals surface area contributed by atoms with Crippen molar-refractivity contribution in [3.63, 3.8) is 0 Å². The summed E-state index contributed by atoms with van der Waals surface area (Å²) in [6.07, 6.45) is 2.93. The Labute approximate surface area is 159 Å². The molecule has 1 heterocycles. The number of carbonyl (C=O) groups excluding carboxylic acids is 1. The SMILES string of the molecule is COc1ccccc1CN(C)C(=O)c1nn(-c2ccccc2)c2c1CCC2. The minimum Gasteiger partial charge on any atom is -0.496 e. The maximum absolute atomic E-state index is 13.2. The van der Waals surface area contributed by atoms with E-state index in [1.165, 1.54) is 0 Å². The van der Waals surface area contributed by atoms with Crippen molar-refractivity contribution < 1.29 is 9.53 Å². The molecule has 0 aliphatic heterocycles. The second-order valence-corrected chi connectivity index (χ2v) is 6.85. The van der Waals surface area contributed by atoms with Crippen molar-refractivity contribution in [2.24, 2.45) is 0 Å². The molecule has 0 saturated carbocycles. The van der Waals surface area contributed by atoms with Gasteiger partial charge in [-0.3, -0.25) is 4.79 Å². The Balaban J connectivity index is 1.64. The Kier molecular flexibility index (Phi) is 4.67. The fraction of sp³-hybridized carbons (Fsp3) is 0.273. The number of para-hydroxylation sites is 2. The quantitative estimate of drug-likeness (QED) is 0.697. The van der Waals surface area contributed by atoms with E-state index in [0.717, 1.165) is 47.5 Å². The van der Waals surface area contributed by atoms with Crippen LogP contribution in [0.1, 0.15) is 33.7 Å². The maximum atomic E-state index is 13.2. The lowest BCUT2D eigenvalue weighted by molar-refractivity contribution is 0.0777. The van der Waals surface area contributed by atoms with Crippen LogP contribution in [-0.2, 0) is 19.4 Å². The summed E-state index contributed by atoms with van der Waals surface area (Å²) in [5.41, 5.74) is 4.81. The van der Waals surface area contributed by atoms with Gasteiger partial charge >= 0.3 is 0 Å². The first kappa shape index (κ1) is 17.3. The Bertz CT molecular complexity index is 963. The fourth-order valence-corrected chi connectivity index (χ4v) is 3.73. The molecule has 1 aliphatic carbocycles. The van der Waals surface area contributed by atoms with Crippen molar-refractivity contribution in [2.45, 2.75) is 25.8 Å². The highest BCUT2D eigenvalue weighted by Crippen LogP contribution is 2.29. The van der Waals surface area contributed by atoms with Gasteiger partial charge in [-0.2, -0.15) is 5.10 Å². The maximum Gasteiger partial charge on any atom is 0.274 e. The number of aromatic nitrogens is 2. The number of rotatable bonds is 5. The van der Waals surface area contributed by atoms with Crippen LogP contribution in [-0.4, -0.2) is 34.7 Å². The minimum absolute atomic E-state index is 0.0475. The zero-order chi connectivity index (χ0) is 18.8. The van der Waals surface area contributed by atoms with Gasteiger partial charge in [0.15, 0.2) is 5.69 Å². The molecule has 1 aliphatic rings. The van der Waals surface area contributed by atoms with E-state index in [2.05, 4.69) is 0 Å². The molecule has 27 heavy (non-hydrogen) atoms. The van der Waals surface area contributed by atoms with Gasteiger partial charge < -0.3 is 9.64 Å². The largest absolute Gasteiger partial charge is 0.496 e. The number of fused-ring (bicyclic) bond motifs is 1. The third-order valence-electron chi connectivity index (χ3n) is 5.08. The molecule has 1 amide bonds. The molecule has 0 unspecified atom stereocenters. The van der Waals surface area contributed by atoms with E-state index >= 15 is 0 Å². The first-order valence-electron chi connectivity index (χ1n) is 9.22. The molecular weight excluding hydrogens is 338 g/mol. The van der Waals surface area contributed by atoms with Gasteiger partial charge in [-0.05, 0) is 37.5 Å². The van der Waals surface area contributed by atoms with E-state index in [1.807, 2.05) is 66.3 Å². The number of amides is 1. The second-order valence-electron chi connectivity index (χ2n) is 6.85. The molecule has 0 radical (unpaired) electrons. The number of benzene rings is 2. The third-order valence-corrected chi connectivity index (χ3v) is 5.08. The highest BCUT2D eigenvalue weighted by Gasteiger charge is 2.28. The van der Waals surface area contributed by atoms with E-state index in [1.54, 1.807) is 12.0 Å². The summed E-state index contributed by atoms with van der Waals surface area (Å²) >= 11 is 0. The zero-order valence-electron chi connectivity index (χ0n) is 15.7. The predicted octanol–water partition coefficient (Wildman–Crippen LogP) is 3.64. The molecule has 0 saturated heterocycles. The van der Waals surface area contributed by atoms with Crippen molar-refractivity contribution in [1.29, 1.82) is 0 Å². The van der Waals surface area contributed by atoms with Crippen LogP contribution in [0.4, 0.5) is 0 Å². The van der Waals surface area contributed by atoms with Crippen molar-refractivity contribution in [1.82, 2.24) is 14.7 Å². The predicted molar refractivity (Wildman–Crippen MR) is 104 cm³/mol. The van der Waals surface area contributed by atoms with Gasteiger partial charge in [-0.1, -0.05) is 36.4 Å². The zero-order valence-corrected chi connectivity index (χ0v) is 15.7. The standard InChI is InChI=1S/C22H23N3O2/c1-24(15-16-9-6-7-14-20(16)27-2)22(26)21-18-12-8-13-19(18)25(23-21)17-10-4-3-5-11-17/h3-7,9-11,14H,8,12-13,15H2,1-2H3. The van der Waals surface area contributed by atoms with Crippen LogP contribution in [0, 0.1) is 0 Å². The van der Waals surface area contributed by atoms with Crippen LogP contribution in [0.5, 0.6) is 5.75 Å². The average Bonchev–Trinajstić information content (AvgIpc) is 3.31. The van der Waals surface area contributed by atoms with Crippen molar-refractivity contribution in [3.05, 3.63) is 77.1 Å². The molecule has 0 atom stereocenters. The summed E-state index contributed by atoms with van der Waals surface area (Å²) in [5, 5.41) is 4.70. The van der Waals surface area contributed by atoms with Crippen molar-refractivity contribution in [3.8, 4) is 11.4 Å². The summed E-state index contributed by atoms with van der Waals surface area (Å²) in [6, 6.07) is 17.8. The van der Waals surface area contributed by atoms with E-state index in [4.69, 9.17) is 9.84 Å². The smallest absolute Gasteiger partial charge is 0.274 e. The number of hydrogen-bond donors (Lipinski definition) is 0. The van der Waals surface area contributed by atoms with Crippen LogP contribution < -0.4 is 4.74 Å². The lowest BCUT2D eigenvalue weighted by Crippen LogP contribution is -2.27. The molecule has 0 spiro atoms. The van der Waals surface area contributed by atoms with Crippen LogP contribution in [0.2, 0.25) is 0 Å². The molecular formula is C22H23N3O2. The molecule has 0 fully saturated rings. The molecule has 5 nitrogen and oxygen atoms in total. The molecule has 3 aromatic rings. The van der Waals surface area contributed by atoms with E-state index in [9.17, 15) is 4.79 Å². The Morgan fingerprint density at radius 3 is 2.63 bits per heavy atom. The van der Waals surface area contributed by atoms with Crippen LogP contribution in [0.15, 0.2) is 54.6 Å². The second kappa shape index (κ2) is 7.27. The van der Waals surface area contributed by atoms with E-state index in [-0.39, 0.29) is 5.91 Å². The van der Waals surface area contributed by atoms with E-state index in [0.29, 0.717) is 12.2 Å². The molecule has 5 heteroatoms.